The van der Waals surface area contributed by atoms with Crippen molar-refractivity contribution in [3.63, 3.8) is 0 Å². The number of aryl methyl sites for hydroxylation is 2. The highest BCUT2D eigenvalue weighted by Gasteiger charge is 2.13. The van der Waals surface area contributed by atoms with Crippen LogP contribution in [-0.2, 0) is 17.6 Å². The number of methoxy groups -OCH3 is 1. The third-order valence-corrected chi connectivity index (χ3v) is 4.05. The number of unbranched alkanes of at least 4 members (excludes halogenated alkanes) is 1. The standard InChI is InChI=1S/C17H28N2O/c1-19-12-5-7-16-14-15(8-9-17(16)19)6-3-4-10-18-11-13-20-2/h8-9,14,18H,3-7,10-13H2,1-2H3. The highest BCUT2D eigenvalue weighted by Crippen LogP contribution is 2.27. The Labute approximate surface area is 123 Å². The van der Waals surface area contributed by atoms with Gasteiger partial charge in [-0.2, -0.15) is 0 Å². The van der Waals surface area contributed by atoms with Crippen molar-refractivity contribution in [1.82, 2.24) is 5.32 Å². The Morgan fingerprint density at radius 1 is 1.25 bits per heavy atom. The Kier molecular flexibility index (Phi) is 6.34. The minimum Gasteiger partial charge on any atom is -0.383 e. The molecule has 112 valence electrons. The summed E-state index contributed by atoms with van der Waals surface area (Å²) >= 11 is 0. The second kappa shape index (κ2) is 8.28. The zero-order valence-corrected chi connectivity index (χ0v) is 13.0. The van der Waals surface area contributed by atoms with Crippen LogP contribution in [0.3, 0.4) is 0 Å². The maximum absolute atomic E-state index is 5.01. The zero-order valence-electron chi connectivity index (χ0n) is 13.0. The first-order chi connectivity index (χ1) is 9.81. The van der Waals surface area contributed by atoms with Gasteiger partial charge in [0.2, 0.25) is 0 Å². The van der Waals surface area contributed by atoms with E-state index in [0.717, 1.165) is 19.7 Å². The van der Waals surface area contributed by atoms with E-state index in [0.29, 0.717) is 0 Å². The van der Waals surface area contributed by atoms with Gasteiger partial charge >= 0.3 is 0 Å². The van der Waals surface area contributed by atoms with Crippen molar-refractivity contribution in [2.24, 2.45) is 0 Å². The fourth-order valence-electron chi connectivity index (χ4n) is 2.87. The number of hydrogen-bond donors (Lipinski definition) is 1. The molecule has 0 saturated heterocycles. The van der Waals surface area contributed by atoms with Gasteiger partial charge in [-0.3, -0.25) is 0 Å². The normalized spacial score (nSPS) is 14.4. The highest BCUT2D eigenvalue weighted by molar-refractivity contribution is 5.56. The van der Waals surface area contributed by atoms with E-state index in [1.54, 1.807) is 7.11 Å². The molecule has 2 rings (SSSR count). The minimum absolute atomic E-state index is 0.804. The molecular formula is C17H28N2O. The first-order valence-corrected chi connectivity index (χ1v) is 7.84. The second-order valence-corrected chi connectivity index (χ2v) is 5.69. The summed E-state index contributed by atoms with van der Waals surface area (Å²) in [6.07, 6.45) is 6.22. The molecule has 3 nitrogen and oxygen atoms in total. The zero-order chi connectivity index (χ0) is 14.2. The number of nitrogens with one attached hydrogen (secondary N) is 1. The molecule has 1 aromatic rings. The van der Waals surface area contributed by atoms with Gasteiger partial charge in [0.05, 0.1) is 6.61 Å². The molecule has 0 spiro atoms. The SMILES string of the molecule is COCCNCCCCc1ccc2c(c1)CCCN2C. The molecule has 0 fully saturated rings. The van der Waals surface area contributed by atoms with Gasteiger partial charge in [0.15, 0.2) is 0 Å². The topological polar surface area (TPSA) is 24.5 Å². The number of fused-ring (bicyclic) bond motifs is 1. The Morgan fingerprint density at radius 3 is 3.00 bits per heavy atom. The number of nitrogens with zero attached hydrogens (tertiary/aromatic N) is 1. The number of anilines is 1. The first kappa shape index (κ1) is 15.3. The number of rotatable bonds is 8. The lowest BCUT2D eigenvalue weighted by Gasteiger charge is -2.27. The van der Waals surface area contributed by atoms with Crippen molar-refractivity contribution in [1.29, 1.82) is 0 Å². The summed E-state index contributed by atoms with van der Waals surface area (Å²) in [5.74, 6) is 0. The van der Waals surface area contributed by atoms with Crippen molar-refractivity contribution < 1.29 is 4.74 Å². The van der Waals surface area contributed by atoms with Gasteiger partial charge in [-0.15, -0.1) is 0 Å². The van der Waals surface area contributed by atoms with Crippen LogP contribution >= 0.6 is 0 Å². The summed E-state index contributed by atoms with van der Waals surface area (Å²) in [7, 11) is 3.94. The molecule has 0 aromatic heterocycles. The van der Waals surface area contributed by atoms with Crippen molar-refractivity contribution >= 4 is 5.69 Å². The van der Waals surface area contributed by atoms with E-state index in [9.17, 15) is 0 Å². The van der Waals surface area contributed by atoms with Crippen LogP contribution in [0.25, 0.3) is 0 Å². The average Bonchev–Trinajstić information content (AvgIpc) is 2.46. The van der Waals surface area contributed by atoms with Crippen LogP contribution in [-0.4, -0.2) is 40.4 Å². The van der Waals surface area contributed by atoms with E-state index in [1.807, 2.05) is 0 Å². The summed E-state index contributed by atoms with van der Waals surface area (Å²) in [5, 5.41) is 3.40. The van der Waals surface area contributed by atoms with Crippen molar-refractivity contribution in [2.75, 3.05) is 45.3 Å². The largest absolute Gasteiger partial charge is 0.383 e. The number of hydrogen-bond acceptors (Lipinski definition) is 3. The lowest BCUT2D eigenvalue weighted by Crippen LogP contribution is -2.24. The van der Waals surface area contributed by atoms with Crippen LogP contribution in [0.1, 0.15) is 30.4 Å². The third-order valence-electron chi connectivity index (χ3n) is 4.05. The third kappa shape index (κ3) is 4.50. The summed E-state index contributed by atoms with van der Waals surface area (Å²) in [6.45, 7) is 4.05. The molecule has 1 aromatic carbocycles. The van der Waals surface area contributed by atoms with Gasteiger partial charge in [0.25, 0.3) is 0 Å². The molecule has 20 heavy (non-hydrogen) atoms. The van der Waals surface area contributed by atoms with E-state index < -0.39 is 0 Å². The molecule has 1 N–H and O–H groups in total. The van der Waals surface area contributed by atoms with Gasteiger partial charge in [0.1, 0.15) is 0 Å². The maximum Gasteiger partial charge on any atom is 0.0587 e. The van der Waals surface area contributed by atoms with Crippen molar-refractivity contribution in [3.8, 4) is 0 Å². The van der Waals surface area contributed by atoms with Crippen molar-refractivity contribution in [3.05, 3.63) is 29.3 Å². The van der Waals surface area contributed by atoms with Crippen LogP contribution in [0, 0.1) is 0 Å². The highest BCUT2D eigenvalue weighted by atomic mass is 16.5. The molecular weight excluding hydrogens is 248 g/mol. The quantitative estimate of drug-likeness (QED) is 0.739. The average molecular weight is 276 g/mol. The Morgan fingerprint density at radius 2 is 2.15 bits per heavy atom. The van der Waals surface area contributed by atoms with Crippen molar-refractivity contribution in [2.45, 2.75) is 32.1 Å². The molecule has 3 heteroatoms. The fraction of sp³-hybridized carbons (Fsp3) is 0.647. The van der Waals surface area contributed by atoms with Gasteiger partial charge < -0.3 is 15.0 Å². The molecule has 1 aliphatic rings. The molecule has 0 amide bonds. The summed E-state index contributed by atoms with van der Waals surface area (Å²) in [5.41, 5.74) is 4.46. The van der Waals surface area contributed by atoms with Gasteiger partial charge in [-0.25, -0.2) is 0 Å². The van der Waals surface area contributed by atoms with Gasteiger partial charge in [-0.05, 0) is 55.8 Å². The van der Waals surface area contributed by atoms with Gasteiger partial charge in [-0.1, -0.05) is 12.1 Å². The van der Waals surface area contributed by atoms with E-state index in [-0.39, 0.29) is 0 Å². The Balaban J connectivity index is 1.71. The molecule has 0 atom stereocenters. The van der Waals surface area contributed by atoms with Crippen LogP contribution in [0.4, 0.5) is 5.69 Å². The van der Waals surface area contributed by atoms with E-state index in [4.69, 9.17) is 4.74 Å². The van der Waals surface area contributed by atoms with Crippen LogP contribution < -0.4 is 10.2 Å². The predicted octanol–water partition coefficient (Wildman–Crippen LogP) is 2.63. The van der Waals surface area contributed by atoms with E-state index in [2.05, 4.69) is 35.5 Å². The molecule has 0 aliphatic carbocycles. The molecule has 1 heterocycles. The Bertz CT molecular complexity index is 406. The summed E-state index contributed by atoms with van der Waals surface area (Å²) in [6, 6.07) is 7.03. The maximum atomic E-state index is 5.01. The first-order valence-electron chi connectivity index (χ1n) is 7.84. The van der Waals surface area contributed by atoms with Crippen LogP contribution in [0.2, 0.25) is 0 Å². The number of ether oxygens (including phenoxy) is 1. The minimum atomic E-state index is 0.804. The molecule has 0 radical (unpaired) electrons. The van der Waals surface area contributed by atoms with E-state index in [1.165, 1.54) is 55.5 Å². The monoisotopic (exact) mass is 276 g/mol. The molecule has 0 unspecified atom stereocenters. The van der Waals surface area contributed by atoms with Crippen LogP contribution in [0.5, 0.6) is 0 Å². The Hall–Kier alpha value is -1.06. The molecule has 1 aliphatic heterocycles. The van der Waals surface area contributed by atoms with Crippen LogP contribution in [0.15, 0.2) is 18.2 Å². The smallest absolute Gasteiger partial charge is 0.0587 e. The lowest BCUT2D eigenvalue weighted by atomic mass is 9.97. The van der Waals surface area contributed by atoms with E-state index >= 15 is 0 Å². The predicted molar refractivity (Wildman–Crippen MR) is 85.7 cm³/mol. The lowest BCUT2D eigenvalue weighted by molar-refractivity contribution is 0.199. The second-order valence-electron chi connectivity index (χ2n) is 5.69. The summed E-state index contributed by atoms with van der Waals surface area (Å²) < 4.78 is 5.01. The van der Waals surface area contributed by atoms with Gasteiger partial charge in [0, 0.05) is 32.9 Å². The molecule has 0 bridgehead atoms. The fourth-order valence-corrected chi connectivity index (χ4v) is 2.87. The molecule has 0 saturated carbocycles. The summed E-state index contributed by atoms with van der Waals surface area (Å²) in [4.78, 5) is 2.38. The number of benzene rings is 1.